The Morgan fingerprint density at radius 1 is 1.27 bits per heavy atom. The van der Waals surface area contributed by atoms with Crippen LogP contribution in [-0.2, 0) is 11.2 Å². The highest BCUT2D eigenvalue weighted by Crippen LogP contribution is 2.39. The van der Waals surface area contributed by atoms with Crippen LogP contribution in [0.5, 0.6) is 5.75 Å². The number of carbonyl (C=O) groups is 1. The Balaban J connectivity index is 1.55. The van der Waals surface area contributed by atoms with Gasteiger partial charge in [-0.3, -0.25) is 4.79 Å². The zero-order valence-corrected chi connectivity index (χ0v) is 14.6. The third kappa shape index (κ3) is 3.09. The maximum Gasteiger partial charge on any atom is 0.336 e. The Morgan fingerprint density at radius 3 is 2.96 bits per heavy atom. The molecule has 1 aliphatic carbocycles. The van der Waals surface area contributed by atoms with Gasteiger partial charge in [-0.25, -0.2) is 4.79 Å². The fraction of sp³-hybridized carbons (Fsp3) is 0.500. The first kappa shape index (κ1) is 17.1. The largest absolute Gasteiger partial charge is 0.508 e. The van der Waals surface area contributed by atoms with Crippen LogP contribution in [0.15, 0.2) is 33.5 Å². The molecule has 2 atom stereocenters. The smallest absolute Gasteiger partial charge is 0.336 e. The van der Waals surface area contributed by atoms with E-state index in [2.05, 4.69) is 0 Å². The minimum Gasteiger partial charge on any atom is -0.508 e. The van der Waals surface area contributed by atoms with Gasteiger partial charge in [-0.05, 0) is 37.0 Å². The monoisotopic (exact) mass is 357 g/mol. The molecule has 0 spiro atoms. The summed E-state index contributed by atoms with van der Waals surface area (Å²) in [7, 11) is 0. The average Bonchev–Trinajstić information content (AvgIpc) is 2.60. The van der Waals surface area contributed by atoms with E-state index in [-0.39, 0.29) is 29.6 Å². The second-order valence-electron chi connectivity index (χ2n) is 7.58. The van der Waals surface area contributed by atoms with Gasteiger partial charge in [0.25, 0.3) is 0 Å². The van der Waals surface area contributed by atoms with Crippen molar-refractivity contribution in [3.05, 3.63) is 40.2 Å². The summed E-state index contributed by atoms with van der Waals surface area (Å²) < 4.78 is 5.12. The molecule has 2 aliphatic rings. The van der Waals surface area contributed by atoms with Crippen LogP contribution >= 0.6 is 0 Å². The molecule has 4 rings (SSSR count). The lowest BCUT2D eigenvalue weighted by molar-refractivity contribution is -0.142. The van der Waals surface area contributed by atoms with Crippen molar-refractivity contribution in [1.29, 1.82) is 0 Å². The number of likely N-dealkylation sites (tertiary alicyclic amines) is 1. The second kappa shape index (κ2) is 6.43. The van der Waals surface area contributed by atoms with Gasteiger partial charge in [0, 0.05) is 36.5 Å². The van der Waals surface area contributed by atoms with Gasteiger partial charge in [0.05, 0.1) is 12.0 Å². The van der Waals surface area contributed by atoms with Crippen molar-refractivity contribution < 1.29 is 19.4 Å². The molecule has 2 fully saturated rings. The zero-order chi connectivity index (χ0) is 18.3. The summed E-state index contributed by atoms with van der Waals surface area (Å²) in [6, 6.07) is 5.90. The molecule has 6 nitrogen and oxygen atoms in total. The highest BCUT2D eigenvalue weighted by Gasteiger charge is 2.43. The van der Waals surface area contributed by atoms with Crippen LogP contribution in [0.2, 0.25) is 0 Å². The number of amides is 1. The molecule has 1 saturated carbocycles. The second-order valence-corrected chi connectivity index (χ2v) is 7.58. The van der Waals surface area contributed by atoms with Gasteiger partial charge in [-0.1, -0.05) is 12.8 Å². The van der Waals surface area contributed by atoms with E-state index < -0.39 is 11.2 Å². The number of carbonyl (C=O) groups excluding carboxylic acids is 1. The van der Waals surface area contributed by atoms with Crippen molar-refractivity contribution in [3.8, 4) is 5.75 Å². The average molecular weight is 357 g/mol. The van der Waals surface area contributed by atoms with Crippen LogP contribution in [0, 0.1) is 5.92 Å². The van der Waals surface area contributed by atoms with Crippen LogP contribution in [0.3, 0.4) is 0 Å². The third-order valence-electron chi connectivity index (χ3n) is 5.94. The number of aliphatic hydroxyl groups is 1. The van der Waals surface area contributed by atoms with E-state index in [1.54, 1.807) is 6.07 Å². The molecule has 26 heavy (non-hydrogen) atoms. The number of benzene rings is 1. The molecular weight excluding hydrogens is 334 g/mol. The highest BCUT2D eigenvalue weighted by atomic mass is 16.4. The standard InChI is InChI=1S/C20H23NO5/c22-15-4-5-16-13(10-19(24)26-17(16)11-15)9-18(23)21-8-7-20(25)6-2-1-3-14(20)12-21/h4-5,10-11,14,22,25H,1-3,6-9,12H2/t14-,20-/m0/s1. The minimum atomic E-state index is -0.618. The number of aromatic hydroxyl groups is 1. The lowest BCUT2D eigenvalue weighted by Gasteiger charge is -2.47. The molecule has 2 heterocycles. The van der Waals surface area contributed by atoms with E-state index >= 15 is 0 Å². The molecule has 1 amide bonds. The maximum absolute atomic E-state index is 12.8. The van der Waals surface area contributed by atoms with Gasteiger partial charge < -0.3 is 19.5 Å². The SMILES string of the molecule is O=C(Cc1cc(=O)oc2cc(O)ccc12)N1CC[C@@]2(O)CCCC[C@H]2C1. The first-order valence-electron chi connectivity index (χ1n) is 9.20. The fourth-order valence-corrected chi connectivity index (χ4v) is 4.44. The van der Waals surface area contributed by atoms with Crippen molar-refractivity contribution in [2.24, 2.45) is 5.92 Å². The Kier molecular flexibility index (Phi) is 4.23. The predicted octanol–water partition coefficient (Wildman–Crippen LogP) is 2.19. The van der Waals surface area contributed by atoms with Crippen molar-refractivity contribution >= 4 is 16.9 Å². The van der Waals surface area contributed by atoms with Crippen molar-refractivity contribution in [2.45, 2.75) is 44.1 Å². The van der Waals surface area contributed by atoms with Crippen LogP contribution in [0.4, 0.5) is 0 Å². The quantitative estimate of drug-likeness (QED) is 0.804. The first-order valence-corrected chi connectivity index (χ1v) is 9.20. The molecule has 6 heteroatoms. The Morgan fingerprint density at radius 2 is 2.12 bits per heavy atom. The summed E-state index contributed by atoms with van der Waals surface area (Å²) in [5.41, 5.74) is -0.273. The molecule has 1 aromatic heterocycles. The number of piperidine rings is 1. The van der Waals surface area contributed by atoms with Crippen LogP contribution in [0.1, 0.15) is 37.7 Å². The first-order chi connectivity index (χ1) is 12.4. The number of phenolic OH excluding ortho intramolecular Hbond substituents is 1. The van der Waals surface area contributed by atoms with Crippen LogP contribution < -0.4 is 5.63 Å². The minimum absolute atomic E-state index is 0.0109. The number of phenols is 1. The van der Waals surface area contributed by atoms with E-state index in [0.717, 1.165) is 25.7 Å². The molecule has 0 bridgehead atoms. The van der Waals surface area contributed by atoms with Crippen LogP contribution in [-0.4, -0.2) is 39.7 Å². The fourth-order valence-electron chi connectivity index (χ4n) is 4.44. The van der Waals surface area contributed by atoms with E-state index in [1.807, 2.05) is 4.90 Å². The van der Waals surface area contributed by atoms with Gasteiger partial charge in [0.15, 0.2) is 0 Å². The number of hydrogen-bond donors (Lipinski definition) is 2. The van der Waals surface area contributed by atoms with Gasteiger partial charge >= 0.3 is 5.63 Å². The maximum atomic E-state index is 12.8. The lowest BCUT2D eigenvalue weighted by atomic mass is 9.71. The Hall–Kier alpha value is -2.34. The van der Waals surface area contributed by atoms with Gasteiger partial charge in [-0.2, -0.15) is 0 Å². The normalized spacial score (nSPS) is 25.9. The Labute approximate surface area is 151 Å². The van der Waals surface area contributed by atoms with Crippen molar-refractivity contribution in [3.63, 3.8) is 0 Å². The summed E-state index contributed by atoms with van der Waals surface area (Å²) in [5, 5.41) is 21.0. The highest BCUT2D eigenvalue weighted by molar-refractivity contribution is 5.87. The molecule has 1 saturated heterocycles. The van der Waals surface area contributed by atoms with E-state index in [0.29, 0.717) is 30.5 Å². The molecule has 0 radical (unpaired) electrons. The summed E-state index contributed by atoms with van der Waals surface area (Å²) in [6.07, 6.45) is 4.67. The number of nitrogens with zero attached hydrogens (tertiary/aromatic N) is 1. The molecule has 1 aliphatic heterocycles. The van der Waals surface area contributed by atoms with Crippen molar-refractivity contribution in [2.75, 3.05) is 13.1 Å². The van der Waals surface area contributed by atoms with Gasteiger partial charge in [-0.15, -0.1) is 0 Å². The van der Waals surface area contributed by atoms with E-state index in [9.17, 15) is 19.8 Å². The molecule has 2 aromatic rings. The molecular formula is C20H23NO5. The summed E-state index contributed by atoms with van der Waals surface area (Å²) in [5.74, 6) is 0.109. The topological polar surface area (TPSA) is 91.0 Å². The summed E-state index contributed by atoms with van der Waals surface area (Å²) >= 11 is 0. The molecule has 0 unspecified atom stereocenters. The number of rotatable bonds is 2. The summed E-state index contributed by atoms with van der Waals surface area (Å²) in [4.78, 5) is 26.4. The molecule has 1 aromatic carbocycles. The number of fused-ring (bicyclic) bond motifs is 2. The number of hydrogen-bond acceptors (Lipinski definition) is 5. The van der Waals surface area contributed by atoms with Gasteiger partial charge in [0.1, 0.15) is 11.3 Å². The van der Waals surface area contributed by atoms with E-state index in [1.165, 1.54) is 18.2 Å². The van der Waals surface area contributed by atoms with Gasteiger partial charge in [0.2, 0.25) is 5.91 Å². The molecule has 2 N–H and O–H groups in total. The lowest BCUT2D eigenvalue weighted by Crippen LogP contribution is -2.54. The van der Waals surface area contributed by atoms with Crippen LogP contribution in [0.25, 0.3) is 11.0 Å². The zero-order valence-electron chi connectivity index (χ0n) is 14.6. The predicted molar refractivity (Wildman–Crippen MR) is 96.0 cm³/mol. The summed E-state index contributed by atoms with van der Waals surface area (Å²) in [6.45, 7) is 1.13. The van der Waals surface area contributed by atoms with Crippen molar-refractivity contribution in [1.82, 2.24) is 4.90 Å². The third-order valence-corrected chi connectivity index (χ3v) is 5.94. The molecule has 138 valence electrons. The Bertz CT molecular complexity index is 905. The van der Waals surface area contributed by atoms with E-state index in [4.69, 9.17) is 4.42 Å².